The summed E-state index contributed by atoms with van der Waals surface area (Å²) in [6.07, 6.45) is 41.0. The summed E-state index contributed by atoms with van der Waals surface area (Å²) in [5.41, 5.74) is 6.79. The van der Waals surface area contributed by atoms with Gasteiger partial charge in [-0.15, -0.1) is 0 Å². The van der Waals surface area contributed by atoms with Crippen LogP contribution in [-0.2, 0) is 67.9 Å². The van der Waals surface area contributed by atoms with Gasteiger partial charge in [-0.1, -0.05) is 85.8 Å². The van der Waals surface area contributed by atoms with Gasteiger partial charge < -0.3 is 30.5 Å². The Bertz CT molecular complexity index is 3870. The smallest absolute Gasteiger partial charge is 1.00 e. The molecule has 0 radical (unpaired) electrons. The molecule has 5 saturated heterocycles. The van der Waals surface area contributed by atoms with Crippen molar-refractivity contribution < 1.29 is 84.3 Å². The Morgan fingerprint density at radius 3 is 1.27 bits per heavy atom. The van der Waals surface area contributed by atoms with Gasteiger partial charge in [0.25, 0.3) is 5.91 Å². The molecule has 13 rings (SSSR count). The van der Waals surface area contributed by atoms with Crippen LogP contribution in [0.4, 0.5) is 9.59 Å². The van der Waals surface area contributed by atoms with Crippen LogP contribution in [0.3, 0.4) is 0 Å². The summed E-state index contributed by atoms with van der Waals surface area (Å²) in [6, 6.07) is 35.2. The number of benzene rings is 3. The molecule has 4 N–H and O–H groups in total. The molecule has 0 bridgehead atoms. The average Bonchev–Trinajstić information content (AvgIpc) is 1.77. The maximum Gasteiger partial charge on any atom is 1.00 e. The molecule has 0 aliphatic carbocycles. The van der Waals surface area contributed by atoms with Crippen molar-refractivity contribution in [3.63, 3.8) is 0 Å². The molecule has 0 saturated carbocycles. The van der Waals surface area contributed by atoms with Gasteiger partial charge in [-0.25, -0.2) is 24.3 Å². The van der Waals surface area contributed by atoms with Crippen LogP contribution >= 0.6 is 11.8 Å². The number of hydrogen-bond acceptors (Lipinski definition) is 19. The number of aldehydes is 1. The Labute approximate surface area is 695 Å². The minimum Gasteiger partial charge on any atom is -1.00 e. The number of aliphatic hydroxyl groups is 1. The van der Waals surface area contributed by atoms with Crippen LogP contribution in [0.5, 0.6) is 0 Å². The fraction of sp³-hybridized carbons (Fsp3) is 0.464. The standard InChI is InChI=1S/C19H23N3O2.C18H22N4O2.C13H21N3O2.C11H21NO2.C11H10O2.C8H12ClN3.C3H4N2.CH4O.Na.H/c1-24-19(23)10-9-16-5-7-17(8-6-16)14-21-12-2-4-18(21)15-22-13-3-11-20-22;23-18(20-24)9-8-15-4-6-16(7-5-15)13-21-11-1-3-17(21)14-22-12-2-10-19-22;1-13(2,3)18-12(17)16-9-4-6-11(16)10-15-8-5-7-14-15;1-5-9-7-6-8-12(9)10(13)14-11(2,3)4;1-9(13)2-3-10-4-6-11(8-12)7-5-10;9-12-6-1-3-8(12)7-11-5-2-4-10-11;1-2-4-5-3-1;1-2;;/h3,5-11,13,18H,2,4,12,14-15H2,1H3;2,4-10,12,17,24H,1,3,11,13-14H2,(H,20,23);5,7-8,11H,4,6,9-10H2,1-3H3;9H,5-8H2,1-4H3;2-8H,1H3;2,4-5,8H,1,3,6-7H2;1-3H,(H,4,5);2H,1H3;;/q;;;;;;;;+1;-1/b10-9+;9-8+;;;3-2+;;;;;/t18-;17-;11-;9-;;8-;;;;/m1110.1..../s1. The van der Waals surface area contributed by atoms with Crippen LogP contribution in [0.25, 0.3) is 18.2 Å². The molecular weight excluding hydrogens is 1470 g/mol. The number of nitrogens with one attached hydrogen (secondary N) is 2. The fourth-order valence-corrected chi connectivity index (χ4v) is 13.3. The summed E-state index contributed by atoms with van der Waals surface area (Å²) in [7, 11) is 2.38. The van der Waals surface area contributed by atoms with E-state index in [1.165, 1.54) is 81.9 Å². The predicted molar refractivity (Wildman–Crippen MR) is 436 cm³/mol. The number of hydroxylamine groups is 1. The zero-order chi connectivity index (χ0) is 81.1. The summed E-state index contributed by atoms with van der Waals surface area (Å²) in [4.78, 5) is 75.6. The summed E-state index contributed by atoms with van der Waals surface area (Å²) in [5, 5.41) is 38.6. The first-order chi connectivity index (χ1) is 54.0. The van der Waals surface area contributed by atoms with Crippen LogP contribution in [0.1, 0.15) is 166 Å². The number of aromatic amines is 1. The summed E-state index contributed by atoms with van der Waals surface area (Å²) >= 11 is 5.99. The number of carbonyl (C=O) groups excluding carboxylic acids is 6. The molecule has 0 unspecified atom stereocenters. The third-order valence-corrected chi connectivity index (χ3v) is 18.9. The topological polar surface area (TPSA) is 299 Å². The number of rotatable bonds is 20. The van der Waals surface area contributed by atoms with E-state index in [4.69, 9.17) is 31.6 Å². The molecule has 113 heavy (non-hydrogen) atoms. The van der Waals surface area contributed by atoms with Crippen molar-refractivity contribution >= 4 is 66.1 Å². The number of hydrogen-bond donors (Lipinski definition) is 4. The number of ether oxygens (including phenoxy) is 3. The normalized spacial score (nSPS) is 18.0. The van der Waals surface area contributed by atoms with Gasteiger partial charge in [-0.05, 0) is 220 Å². The van der Waals surface area contributed by atoms with Gasteiger partial charge in [0, 0.05) is 144 Å². The molecule has 5 atom stereocenters. The van der Waals surface area contributed by atoms with E-state index in [0.717, 1.165) is 134 Å². The second kappa shape index (κ2) is 51.6. The Morgan fingerprint density at radius 2 is 0.912 bits per heavy atom. The molecule has 5 aliphatic rings. The summed E-state index contributed by atoms with van der Waals surface area (Å²) in [5.74, 6) is -0.852. The van der Waals surface area contributed by atoms with E-state index < -0.39 is 11.5 Å². The number of methoxy groups -OCH3 is 1. The second-order valence-corrected chi connectivity index (χ2v) is 29.8. The Hall–Kier alpha value is -9.16. The van der Waals surface area contributed by atoms with Crippen LogP contribution in [0.2, 0.25) is 0 Å². The van der Waals surface area contributed by atoms with Crippen molar-refractivity contribution in [1.29, 1.82) is 0 Å². The van der Waals surface area contributed by atoms with E-state index in [2.05, 4.69) is 76.3 Å². The van der Waals surface area contributed by atoms with Crippen molar-refractivity contribution in [2.45, 2.75) is 207 Å². The molecule has 27 nitrogen and oxygen atoms in total. The SMILES string of the molecule is CC(=O)/C=C/c1ccc(C=O)cc1.CC(C)(C)OC(=O)N1CCC[C@@H]1Cn1cccn1.CC[C@H]1CCCN1C(=O)OC(C)(C)C.CO.COC(=O)/C=C/c1ccc(CN2CCC[C@@H]2Cn2cccn2)cc1.ClN1CCC[C@@H]1Cn1cccn1.O=C(/C=C/c1ccc(CN2CCC[C@@H]2Cn2cccn2)cc1)NO.[H-].[Na+].c1cn[nH]c1. The first-order valence-corrected chi connectivity index (χ1v) is 38.8. The maximum absolute atomic E-state index is 12.1. The van der Waals surface area contributed by atoms with Crippen molar-refractivity contribution in [3.8, 4) is 0 Å². The molecule has 10 heterocycles. The van der Waals surface area contributed by atoms with Gasteiger partial charge in [-0.2, -0.15) is 25.5 Å². The number of amides is 3. The molecule has 608 valence electrons. The number of H-pyrrole nitrogens is 1. The first kappa shape index (κ1) is 94.4. The van der Waals surface area contributed by atoms with E-state index in [1.807, 2.05) is 166 Å². The monoisotopic (exact) mass is 1580 g/mol. The van der Waals surface area contributed by atoms with Gasteiger partial charge in [0.05, 0.1) is 39.3 Å². The Balaban J connectivity index is 0.000000287. The van der Waals surface area contributed by atoms with Crippen LogP contribution in [0.15, 0.2) is 183 Å². The molecular formula is C84H118ClN16NaO11. The van der Waals surface area contributed by atoms with Crippen molar-refractivity contribution in [2.75, 3.05) is 46.9 Å². The predicted octanol–water partition coefficient (Wildman–Crippen LogP) is 10.6. The van der Waals surface area contributed by atoms with Crippen LogP contribution < -0.4 is 35.0 Å². The van der Waals surface area contributed by atoms with E-state index in [0.29, 0.717) is 29.7 Å². The number of ketones is 1. The average molecular weight is 1590 g/mol. The van der Waals surface area contributed by atoms with Crippen LogP contribution in [0, 0.1) is 0 Å². The fourth-order valence-electron chi connectivity index (χ4n) is 13.0. The van der Waals surface area contributed by atoms with E-state index in [1.54, 1.807) is 72.8 Å². The number of aliphatic hydroxyl groups excluding tert-OH is 1. The minimum atomic E-state index is -0.530. The third-order valence-electron chi connectivity index (χ3n) is 18.5. The van der Waals surface area contributed by atoms with Gasteiger partial charge in [-0.3, -0.25) is 53.2 Å². The minimum absolute atomic E-state index is 0. The number of likely N-dealkylation sites (tertiary alicyclic amines) is 4. The molecule has 5 aliphatic heterocycles. The van der Waals surface area contributed by atoms with Gasteiger partial charge in [0.2, 0.25) is 0 Å². The number of halogens is 1. The number of nitrogens with zero attached hydrogens (tertiary/aromatic N) is 14. The Kier molecular flexibility index (Phi) is 43.1. The molecule has 8 aromatic rings. The van der Waals surface area contributed by atoms with Crippen molar-refractivity contribution in [1.82, 2.24) is 78.8 Å². The number of aromatic nitrogens is 10. The molecule has 5 aromatic heterocycles. The molecule has 3 amide bonds. The quantitative estimate of drug-likeness (QED) is 0.00806. The largest absolute Gasteiger partial charge is 1.00 e. The van der Waals surface area contributed by atoms with Gasteiger partial charge >= 0.3 is 47.7 Å². The number of esters is 1. The van der Waals surface area contributed by atoms with Crippen molar-refractivity contribution in [3.05, 3.63) is 217 Å². The van der Waals surface area contributed by atoms with E-state index in [-0.39, 0.29) is 66.6 Å². The summed E-state index contributed by atoms with van der Waals surface area (Å²) < 4.78 is 25.1. The maximum atomic E-state index is 12.1. The zero-order valence-corrected chi connectivity index (χ0v) is 70.5. The molecule has 29 heteroatoms. The van der Waals surface area contributed by atoms with Gasteiger partial charge in [0.1, 0.15) is 17.5 Å². The van der Waals surface area contributed by atoms with Gasteiger partial charge in [0.15, 0.2) is 5.78 Å². The van der Waals surface area contributed by atoms with E-state index >= 15 is 0 Å². The zero-order valence-electron chi connectivity index (χ0n) is 68.8. The number of allylic oxidation sites excluding steroid dienone is 1. The second-order valence-electron chi connectivity index (χ2n) is 29.4. The molecule has 5 fully saturated rings. The van der Waals surface area contributed by atoms with E-state index in [9.17, 15) is 28.8 Å². The van der Waals surface area contributed by atoms with Crippen LogP contribution in [-0.4, -0.2) is 208 Å². The molecule has 3 aromatic carbocycles. The summed E-state index contributed by atoms with van der Waals surface area (Å²) in [6.45, 7) is 25.3. The number of carbonyl (C=O) groups is 6. The first-order valence-electron chi connectivity index (χ1n) is 38.4. The molecule has 0 spiro atoms. The Morgan fingerprint density at radius 1 is 0.531 bits per heavy atom. The third kappa shape index (κ3) is 36.7. The van der Waals surface area contributed by atoms with Crippen molar-refractivity contribution in [2.24, 2.45) is 0 Å².